The quantitative estimate of drug-likeness (QED) is 0.783. The number of aliphatic hydroxyl groups excluding tert-OH is 1. The Labute approximate surface area is 165 Å². The van der Waals surface area contributed by atoms with Gasteiger partial charge in [-0.2, -0.15) is 0 Å². The van der Waals surface area contributed by atoms with Gasteiger partial charge in [0.25, 0.3) is 5.92 Å². The summed E-state index contributed by atoms with van der Waals surface area (Å²) >= 11 is 0. The number of carbonyl (C=O) groups is 1. The van der Waals surface area contributed by atoms with E-state index in [4.69, 9.17) is 4.74 Å². The number of likely N-dealkylation sites (tertiary alicyclic amines) is 3. The van der Waals surface area contributed by atoms with Crippen LogP contribution in [0.3, 0.4) is 0 Å². The average Bonchev–Trinajstić information content (AvgIpc) is 3.22. The van der Waals surface area contributed by atoms with Crippen molar-refractivity contribution >= 4 is 6.09 Å². The Balaban J connectivity index is 1.25. The summed E-state index contributed by atoms with van der Waals surface area (Å²) in [4.78, 5) is 18.0. The monoisotopic (exact) mass is 401 g/mol. The van der Waals surface area contributed by atoms with Gasteiger partial charge in [0, 0.05) is 43.1 Å². The molecule has 3 heterocycles. The van der Waals surface area contributed by atoms with Gasteiger partial charge in [0.05, 0.1) is 19.8 Å². The van der Waals surface area contributed by atoms with Crippen LogP contribution < -0.4 is 0 Å². The minimum atomic E-state index is -2.67. The van der Waals surface area contributed by atoms with Gasteiger partial charge in [-0.25, -0.2) is 13.6 Å². The topological polar surface area (TPSA) is 56.2 Å². The summed E-state index contributed by atoms with van der Waals surface area (Å²) in [7, 11) is 0. The van der Waals surface area contributed by atoms with E-state index in [1.54, 1.807) is 4.90 Å². The molecule has 1 spiro atoms. The third kappa shape index (κ3) is 3.87. The highest BCUT2D eigenvalue weighted by molar-refractivity contribution is 5.69. The number of piperidine rings is 1. The number of amides is 1. The Bertz CT molecular complexity index is 577. The van der Waals surface area contributed by atoms with Crippen LogP contribution >= 0.6 is 0 Å². The molecule has 160 valence electrons. The Kier molecular flexibility index (Phi) is 5.57. The summed E-state index contributed by atoms with van der Waals surface area (Å²) in [5.74, 6) is -2.67. The van der Waals surface area contributed by atoms with E-state index >= 15 is 0 Å². The molecule has 2 unspecified atom stereocenters. The van der Waals surface area contributed by atoms with Crippen molar-refractivity contribution in [3.8, 4) is 0 Å². The molecule has 3 saturated heterocycles. The molecule has 28 heavy (non-hydrogen) atoms. The van der Waals surface area contributed by atoms with Crippen molar-refractivity contribution in [3.63, 3.8) is 0 Å². The summed E-state index contributed by atoms with van der Waals surface area (Å²) < 4.78 is 32.6. The zero-order valence-electron chi connectivity index (χ0n) is 16.8. The van der Waals surface area contributed by atoms with Gasteiger partial charge >= 0.3 is 6.09 Å². The fraction of sp³-hybridized carbons (Fsp3) is 0.950. The minimum Gasteiger partial charge on any atom is -0.450 e. The number of halogens is 2. The maximum absolute atomic E-state index is 13.8. The fourth-order valence-electron chi connectivity index (χ4n) is 5.98. The van der Waals surface area contributed by atoms with Crippen molar-refractivity contribution in [1.29, 1.82) is 0 Å². The van der Waals surface area contributed by atoms with E-state index in [0.717, 1.165) is 58.3 Å². The first-order valence-corrected chi connectivity index (χ1v) is 10.7. The second-order valence-corrected chi connectivity index (χ2v) is 9.29. The fourth-order valence-corrected chi connectivity index (χ4v) is 5.98. The molecule has 2 atom stereocenters. The highest BCUT2D eigenvalue weighted by Crippen LogP contribution is 2.47. The van der Waals surface area contributed by atoms with Crippen molar-refractivity contribution < 1.29 is 23.4 Å². The number of hydrogen-bond acceptors (Lipinski definition) is 5. The molecule has 1 N–H and O–H groups in total. The summed E-state index contributed by atoms with van der Waals surface area (Å²) in [6.45, 7) is 5.34. The van der Waals surface area contributed by atoms with Crippen LogP contribution in [-0.2, 0) is 4.74 Å². The molecular weight excluding hydrogens is 368 g/mol. The summed E-state index contributed by atoms with van der Waals surface area (Å²) in [5.41, 5.74) is 0.257. The first-order chi connectivity index (χ1) is 13.3. The molecule has 4 aliphatic rings. The van der Waals surface area contributed by atoms with Crippen molar-refractivity contribution in [2.24, 2.45) is 5.41 Å². The summed E-state index contributed by atoms with van der Waals surface area (Å²) in [5, 5.41) is 9.49. The minimum absolute atomic E-state index is 0.153. The van der Waals surface area contributed by atoms with E-state index in [1.807, 2.05) is 11.8 Å². The number of nitrogens with zero attached hydrogens (tertiary/aromatic N) is 3. The molecule has 1 saturated carbocycles. The number of carbonyl (C=O) groups excluding carboxylic acids is 1. The lowest BCUT2D eigenvalue weighted by Gasteiger charge is -2.48. The van der Waals surface area contributed by atoms with E-state index in [9.17, 15) is 18.7 Å². The van der Waals surface area contributed by atoms with E-state index in [2.05, 4.69) is 4.90 Å². The maximum atomic E-state index is 13.8. The predicted molar refractivity (Wildman–Crippen MR) is 100 cm³/mol. The lowest BCUT2D eigenvalue weighted by atomic mass is 9.78. The molecule has 3 aliphatic heterocycles. The molecule has 4 rings (SSSR count). The Morgan fingerprint density at radius 3 is 2.46 bits per heavy atom. The first kappa shape index (κ1) is 20.3. The first-order valence-electron chi connectivity index (χ1n) is 10.7. The lowest BCUT2D eigenvalue weighted by molar-refractivity contribution is -0.00818. The van der Waals surface area contributed by atoms with Crippen molar-refractivity contribution in [2.45, 2.75) is 69.5 Å². The largest absolute Gasteiger partial charge is 0.450 e. The summed E-state index contributed by atoms with van der Waals surface area (Å²) in [6.07, 6.45) is 4.80. The van der Waals surface area contributed by atoms with Gasteiger partial charge in [-0.15, -0.1) is 0 Å². The van der Waals surface area contributed by atoms with Gasteiger partial charge in [-0.05, 0) is 52.1 Å². The van der Waals surface area contributed by atoms with E-state index < -0.39 is 12.0 Å². The van der Waals surface area contributed by atoms with Crippen LogP contribution in [0.2, 0.25) is 0 Å². The zero-order chi connectivity index (χ0) is 19.9. The average molecular weight is 401 g/mol. The van der Waals surface area contributed by atoms with Gasteiger partial charge in [-0.1, -0.05) is 0 Å². The Morgan fingerprint density at radius 2 is 1.82 bits per heavy atom. The SMILES string of the molecule is CCOC(=O)N1CC2(CCC(N3CCC(N4CC(F)(F)CC4CO)CC3)C2)C1. The predicted octanol–water partition coefficient (Wildman–Crippen LogP) is 2.16. The van der Waals surface area contributed by atoms with Crippen LogP contribution in [0.25, 0.3) is 0 Å². The number of aliphatic hydroxyl groups is 1. The number of rotatable bonds is 4. The lowest BCUT2D eigenvalue weighted by Crippen LogP contribution is -2.58. The Hall–Kier alpha value is -0.990. The highest BCUT2D eigenvalue weighted by atomic mass is 19.3. The van der Waals surface area contributed by atoms with Crippen molar-refractivity contribution in [2.75, 3.05) is 45.9 Å². The van der Waals surface area contributed by atoms with Gasteiger partial charge < -0.3 is 19.6 Å². The van der Waals surface area contributed by atoms with Crippen molar-refractivity contribution in [3.05, 3.63) is 0 Å². The molecule has 1 aliphatic carbocycles. The molecule has 0 radical (unpaired) electrons. The van der Waals surface area contributed by atoms with E-state index in [-0.39, 0.29) is 37.1 Å². The van der Waals surface area contributed by atoms with Crippen LogP contribution in [0.1, 0.15) is 45.4 Å². The molecule has 0 aromatic heterocycles. The van der Waals surface area contributed by atoms with Crippen molar-refractivity contribution in [1.82, 2.24) is 14.7 Å². The van der Waals surface area contributed by atoms with E-state index in [1.165, 1.54) is 0 Å². The molecule has 4 fully saturated rings. The van der Waals surface area contributed by atoms with Crippen LogP contribution in [0, 0.1) is 5.41 Å². The van der Waals surface area contributed by atoms with Crippen LogP contribution in [0.4, 0.5) is 13.6 Å². The molecule has 6 nitrogen and oxygen atoms in total. The number of hydrogen-bond donors (Lipinski definition) is 1. The van der Waals surface area contributed by atoms with Gasteiger partial charge in [0.15, 0.2) is 0 Å². The maximum Gasteiger partial charge on any atom is 0.409 e. The van der Waals surface area contributed by atoms with Crippen LogP contribution in [0.5, 0.6) is 0 Å². The molecule has 8 heteroatoms. The normalized spacial score (nSPS) is 33.4. The highest BCUT2D eigenvalue weighted by Gasteiger charge is 2.52. The summed E-state index contributed by atoms with van der Waals surface area (Å²) in [6, 6.07) is 0.296. The van der Waals surface area contributed by atoms with Gasteiger partial charge in [0.2, 0.25) is 0 Å². The standard InChI is InChI=1S/C20H33F2N3O3/c1-2-28-18(27)24-12-19(13-24)6-3-16(9-19)23-7-4-15(5-8-23)25-14-20(21,22)10-17(25)11-26/h15-17,26H,2-14H2,1H3. The molecular formula is C20H33F2N3O3. The second-order valence-electron chi connectivity index (χ2n) is 9.29. The molecule has 1 amide bonds. The van der Waals surface area contributed by atoms with E-state index in [0.29, 0.717) is 12.6 Å². The van der Waals surface area contributed by atoms with Gasteiger partial charge in [-0.3, -0.25) is 4.90 Å². The second kappa shape index (κ2) is 7.69. The Morgan fingerprint density at radius 1 is 1.11 bits per heavy atom. The van der Waals surface area contributed by atoms with Crippen LogP contribution in [-0.4, -0.2) is 95.9 Å². The molecule has 0 aromatic carbocycles. The number of ether oxygens (including phenoxy) is 1. The molecule has 0 aromatic rings. The van der Waals surface area contributed by atoms with Crippen LogP contribution in [0.15, 0.2) is 0 Å². The smallest absolute Gasteiger partial charge is 0.409 e. The van der Waals surface area contributed by atoms with Gasteiger partial charge in [0.1, 0.15) is 0 Å². The zero-order valence-corrected chi connectivity index (χ0v) is 16.8. The third-order valence-corrected chi connectivity index (χ3v) is 7.37. The number of alkyl halides is 2. The third-order valence-electron chi connectivity index (χ3n) is 7.37. The molecule has 0 bridgehead atoms.